The highest BCUT2D eigenvalue weighted by Crippen LogP contribution is 2.69. The lowest BCUT2D eigenvalue weighted by Crippen LogP contribution is -2.74. The zero-order valence-corrected chi connectivity index (χ0v) is 19.1. The molecule has 0 aliphatic heterocycles. The second-order valence-corrected chi connectivity index (χ2v) is 11.9. The van der Waals surface area contributed by atoms with Gasteiger partial charge in [-0.1, -0.05) is 30.3 Å². The summed E-state index contributed by atoms with van der Waals surface area (Å²) in [6, 6.07) is 10.8. The minimum absolute atomic E-state index is 0.118. The lowest BCUT2D eigenvalue weighted by molar-refractivity contribution is -0.204. The van der Waals surface area contributed by atoms with E-state index in [1.165, 1.54) is 16.5 Å². The zero-order chi connectivity index (χ0) is 22.8. The maximum absolute atomic E-state index is 13.0. The highest BCUT2D eigenvalue weighted by molar-refractivity contribution is 7.89. The van der Waals surface area contributed by atoms with E-state index in [2.05, 4.69) is 15.3 Å². The first-order valence-electron chi connectivity index (χ1n) is 10.6. The highest BCUT2D eigenvalue weighted by atomic mass is 32.2. The molecule has 0 spiro atoms. The van der Waals surface area contributed by atoms with Crippen LogP contribution in [0, 0.1) is 5.41 Å². The number of hydrogen-bond donors (Lipinski definition) is 1. The molecule has 3 fully saturated rings. The number of carbonyl (C=O) groups is 1. The number of fused-ring (bicyclic) bond motifs is 1. The average molecular weight is 455 g/mol. The quantitative estimate of drug-likeness (QED) is 0.569. The fourth-order valence-electron chi connectivity index (χ4n) is 4.88. The van der Waals surface area contributed by atoms with E-state index >= 15 is 0 Å². The van der Waals surface area contributed by atoms with Crippen LogP contribution in [0.2, 0.25) is 0 Å². The number of aromatic nitrogens is 3. The molecule has 9 heteroatoms. The normalized spacial score (nSPS) is 24.5. The summed E-state index contributed by atoms with van der Waals surface area (Å²) in [4.78, 5) is 21.1. The molecule has 0 atom stereocenters. The van der Waals surface area contributed by atoms with Gasteiger partial charge in [0.1, 0.15) is 17.7 Å². The van der Waals surface area contributed by atoms with Crippen molar-refractivity contribution in [3.63, 3.8) is 0 Å². The molecule has 3 saturated carbocycles. The van der Waals surface area contributed by atoms with Crippen molar-refractivity contribution < 1.29 is 17.9 Å². The first kappa shape index (κ1) is 20.9. The van der Waals surface area contributed by atoms with Gasteiger partial charge in [0.05, 0.1) is 16.6 Å². The van der Waals surface area contributed by atoms with Crippen molar-refractivity contribution in [1.29, 1.82) is 0 Å². The Morgan fingerprint density at radius 1 is 1.12 bits per heavy atom. The Morgan fingerprint density at radius 2 is 1.81 bits per heavy atom. The first-order valence-corrected chi connectivity index (χ1v) is 12.2. The Morgan fingerprint density at radius 3 is 2.47 bits per heavy atom. The third kappa shape index (κ3) is 3.44. The highest BCUT2D eigenvalue weighted by Gasteiger charge is 2.73. The number of hydrogen-bond acceptors (Lipinski definition) is 7. The van der Waals surface area contributed by atoms with Gasteiger partial charge < -0.3 is 10.1 Å². The molecule has 1 N–H and O–H groups in total. The predicted molar refractivity (Wildman–Crippen MR) is 120 cm³/mol. The molecule has 8 nitrogen and oxygen atoms in total. The number of carbonyl (C=O) groups excluding carboxylic acids is 1. The molecule has 6 rings (SSSR count). The Balaban J connectivity index is 1.35. The molecule has 32 heavy (non-hydrogen) atoms. The summed E-state index contributed by atoms with van der Waals surface area (Å²) >= 11 is 0. The molecule has 3 aliphatic carbocycles. The van der Waals surface area contributed by atoms with Crippen LogP contribution in [-0.4, -0.2) is 39.5 Å². The van der Waals surface area contributed by atoms with Crippen molar-refractivity contribution in [1.82, 2.24) is 13.9 Å². The van der Waals surface area contributed by atoms with Crippen LogP contribution in [0.5, 0.6) is 0 Å². The van der Waals surface area contributed by atoms with Crippen molar-refractivity contribution in [2.24, 2.45) is 5.41 Å². The maximum Gasteiger partial charge on any atom is 0.312 e. The third-order valence-corrected chi connectivity index (χ3v) is 7.78. The summed E-state index contributed by atoms with van der Waals surface area (Å²) in [5.74, 6) is 0.327. The van der Waals surface area contributed by atoms with E-state index in [4.69, 9.17) is 4.74 Å². The number of nitrogens with one attached hydrogen (secondary N) is 1. The van der Waals surface area contributed by atoms with E-state index in [0.717, 1.165) is 0 Å². The van der Waals surface area contributed by atoms with Gasteiger partial charge in [0, 0.05) is 11.7 Å². The molecule has 0 amide bonds. The molecule has 1 aromatic carbocycles. The molecule has 168 valence electrons. The summed E-state index contributed by atoms with van der Waals surface area (Å²) in [5.41, 5.74) is -0.0596. The fourth-order valence-corrected chi connectivity index (χ4v) is 6.29. The van der Waals surface area contributed by atoms with Crippen molar-refractivity contribution >= 4 is 32.8 Å². The minimum atomic E-state index is -3.64. The van der Waals surface area contributed by atoms with Crippen molar-refractivity contribution in [2.75, 3.05) is 5.32 Å². The van der Waals surface area contributed by atoms with E-state index in [9.17, 15) is 13.2 Å². The van der Waals surface area contributed by atoms with E-state index < -0.39 is 21.0 Å². The summed E-state index contributed by atoms with van der Waals surface area (Å²) in [7, 11) is -3.64. The maximum atomic E-state index is 13.0. The number of ether oxygens (including phenoxy) is 1. The number of anilines is 1. The molecule has 0 saturated heterocycles. The number of nitrogens with zero attached hydrogens (tertiary/aromatic N) is 3. The second-order valence-electron chi connectivity index (χ2n) is 10.0. The third-order valence-electron chi connectivity index (χ3n) is 6.19. The Hall–Kier alpha value is -2.94. The van der Waals surface area contributed by atoms with Gasteiger partial charge in [-0.15, -0.1) is 0 Å². The van der Waals surface area contributed by atoms with Gasteiger partial charge in [0.2, 0.25) is 10.0 Å². The first-order chi connectivity index (χ1) is 15.0. The summed E-state index contributed by atoms with van der Waals surface area (Å²) in [6.07, 6.45) is 4.95. The van der Waals surface area contributed by atoms with E-state index in [1.54, 1.807) is 18.2 Å². The van der Waals surface area contributed by atoms with E-state index in [0.29, 0.717) is 41.7 Å². The lowest BCUT2D eigenvalue weighted by atomic mass is 9.39. The van der Waals surface area contributed by atoms with Crippen LogP contribution in [0.15, 0.2) is 48.9 Å². The van der Waals surface area contributed by atoms with Gasteiger partial charge in [0.25, 0.3) is 0 Å². The smallest absolute Gasteiger partial charge is 0.312 e. The standard InChI is InChI=1S/C23H26N4O4S/c1-21(2,3)31-20(28)22-12-23(13-22,14-22)26-18-17-9-10-27(19(17)25-15-24-18)32(29,30)11-16-7-5-4-6-8-16/h4-10,15H,11-14H2,1-3H3,(H,24,25,26). The molecule has 0 unspecified atom stereocenters. The van der Waals surface area contributed by atoms with Crippen LogP contribution in [0.3, 0.4) is 0 Å². The Kier molecular flexibility index (Phi) is 4.43. The van der Waals surface area contributed by atoms with Crippen LogP contribution in [0.4, 0.5) is 5.82 Å². The van der Waals surface area contributed by atoms with E-state index in [-0.39, 0.29) is 17.3 Å². The van der Waals surface area contributed by atoms with Crippen LogP contribution in [-0.2, 0) is 25.3 Å². The van der Waals surface area contributed by atoms with Crippen molar-refractivity contribution in [3.05, 3.63) is 54.5 Å². The van der Waals surface area contributed by atoms with Crippen LogP contribution in [0.1, 0.15) is 45.6 Å². The van der Waals surface area contributed by atoms with Gasteiger partial charge in [-0.25, -0.2) is 22.4 Å². The predicted octanol–water partition coefficient (Wildman–Crippen LogP) is 3.49. The Labute approximate surface area is 187 Å². The van der Waals surface area contributed by atoms with E-state index in [1.807, 2.05) is 39.0 Å². The summed E-state index contributed by atoms with van der Waals surface area (Å²) in [6.45, 7) is 5.62. The molecule has 2 aromatic heterocycles. The second kappa shape index (κ2) is 6.78. The molecule has 2 bridgehead atoms. The molecular formula is C23H26N4O4S. The largest absolute Gasteiger partial charge is 0.460 e. The topological polar surface area (TPSA) is 103 Å². The van der Waals surface area contributed by atoms with Crippen molar-refractivity contribution in [3.8, 4) is 0 Å². The minimum Gasteiger partial charge on any atom is -0.460 e. The number of benzene rings is 1. The van der Waals surface area contributed by atoms with Gasteiger partial charge in [-0.05, 0) is 51.7 Å². The van der Waals surface area contributed by atoms with Crippen LogP contribution < -0.4 is 5.32 Å². The number of esters is 1. The SMILES string of the molecule is CC(C)(C)OC(=O)C12CC(Nc3ncnc4c3ccn4S(=O)(=O)Cc3ccccc3)(C1)C2. The molecular weight excluding hydrogens is 428 g/mol. The van der Waals surface area contributed by atoms with Crippen molar-refractivity contribution in [2.45, 2.75) is 56.9 Å². The average Bonchev–Trinajstić information content (AvgIpc) is 3.08. The number of rotatable bonds is 6. The summed E-state index contributed by atoms with van der Waals surface area (Å²) < 4.78 is 32.8. The van der Waals surface area contributed by atoms with Crippen LogP contribution in [0.25, 0.3) is 11.0 Å². The summed E-state index contributed by atoms with van der Waals surface area (Å²) in [5, 5.41) is 4.09. The lowest BCUT2D eigenvalue weighted by Gasteiger charge is -2.68. The monoisotopic (exact) mass is 454 g/mol. The molecule has 0 radical (unpaired) electrons. The Bertz CT molecular complexity index is 1290. The van der Waals surface area contributed by atoms with Crippen LogP contribution >= 0.6 is 0 Å². The van der Waals surface area contributed by atoms with Gasteiger partial charge in [0.15, 0.2) is 5.65 Å². The molecule has 2 heterocycles. The zero-order valence-electron chi connectivity index (χ0n) is 18.3. The van der Waals surface area contributed by atoms with Gasteiger partial charge in [-0.3, -0.25) is 4.79 Å². The molecule has 3 aromatic rings. The molecule has 3 aliphatic rings. The van der Waals surface area contributed by atoms with Gasteiger partial charge >= 0.3 is 5.97 Å². The fraction of sp³-hybridized carbons (Fsp3) is 0.435. The van der Waals surface area contributed by atoms with Gasteiger partial charge in [-0.2, -0.15) is 0 Å².